The summed E-state index contributed by atoms with van der Waals surface area (Å²) in [6, 6.07) is 7.06. The lowest BCUT2D eigenvalue weighted by molar-refractivity contribution is 0.481. The first-order chi connectivity index (χ1) is 6.92. The van der Waals surface area contributed by atoms with Gasteiger partial charge in [-0.25, -0.2) is 0 Å². The van der Waals surface area contributed by atoms with Gasteiger partial charge >= 0.3 is 0 Å². The summed E-state index contributed by atoms with van der Waals surface area (Å²) in [5.74, 6) is 0.589. The minimum Gasteiger partial charge on any atom is -0.324 e. The highest BCUT2D eigenvalue weighted by Gasteiger charge is 2.34. The molecule has 1 aromatic rings. The van der Waals surface area contributed by atoms with Crippen LogP contribution in [0.25, 0.3) is 0 Å². The molecule has 1 nitrogen and oxygen atoms in total. The molecule has 0 aromatic heterocycles. The maximum atomic E-state index is 6.19. The Labute approximate surface area is 92.7 Å². The molecule has 0 aliphatic heterocycles. The fourth-order valence-corrected chi connectivity index (χ4v) is 2.63. The lowest BCUT2D eigenvalue weighted by Crippen LogP contribution is -2.14. The first-order valence-electron chi connectivity index (χ1n) is 5.82. The molecule has 2 N–H and O–H groups in total. The van der Waals surface area contributed by atoms with Crippen LogP contribution in [0.4, 0.5) is 0 Å². The highest BCUT2D eigenvalue weighted by Crippen LogP contribution is 2.44. The molecule has 0 bridgehead atoms. The summed E-state index contributed by atoms with van der Waals surface area (Å²) >= 11 is 0. The minimum absolute atomic E-state index is 0.230. The Morgan fingerprint density at radius 3 is 2.60 bits per heavy atom. The molecule has 0 radical (unpaired) electrons. The second kappa shape index (κ2) is 3.34. The van der Waals surface area contributed by atoms with Crippen LogP contribution < -0.4 is 5.73 Å². The molecule has 15 heavy (non-hydrogen) atoms. The average molecular weight is 203 g/mol. The molecular formula is C14H21N. The van der Waals surface area contributed by atoms with Crippen LogP contribution in [0.3, 0.4) is 0 Å². The van der Waals surface area contributed by atoms with Gasteiger partial charge in [-0.3, -0.25) is 0 Å². The van der Waals surface area contributed by atoms with Gasteiger partial charge < -0.3 is 5.73 Å². The lowest BCUT2D eigenvalue weighted by atomic mass is 9.85. The van der Waals surface area contributed by atoms with Crippen LogP contribution in [-0.2, 0) is 5.41 Å². The molecule has 1 atom stereocenters. The molecule has 0 unspecified atom stereocenters. The highest BCUT2D eigenvalue weighted by molar-refractivity contribution is 5.44. The zero-order chi connectivity index (χ0) is 11.2. The fourth-order valence-electron chi connectivity index (χ4n) is 2.63. The van der Waals surface area contributed by atoms with Gasteiger partial charge in [-0.05, 0) is 34.4 Å². The summed E-state index contributed by atoms with van der Waals surface area (Å²) in [6.45, 7) is 9.03. The Hall–Kier alpha value is -0.820. The molecule has 0 amide bonds. The topological polar surface area (TPSA) is 26.0 Å². The van der Waals surface area contributed by atoms with Crippen molar-refractivity contribution in [3.05, 3.63) is 34.9 Å². The summed E-state index contributed by atoms with van der Waals surface area (Å²) in [6.07, 6.45) is 1.07. The van der Waals surface area contributed by atoms with E-state index in [1.807, 2.05) is 0 Å². The van der Waals surface area contributed by atoms with Crippen LogP contribution >= 0.6 is 0 Å². The van der Waals surface area contributed by atoms with E-state index in [0.29, 0.717) is 5.92 Å². The van der Waals surface area contributed by atoms with Crippen molar-refractivity contribution in [1.29, 1.82) is 0 Å². The van der Waals surface area contributed by atoms with Gasteiger partial charge in [-0.1, -0.05) is 45.9 Å². The van der Waals surface area contributed by atoms with E-state index < -0.39 is 0 Å². The number of fused-ring (bicyclic) bond motifs is 1. The molecule has 1 aliphatic carbocycles. The summed E-state index contributed by atoms with van der Waals surface area (Å²) in [5.41, 5.74) is 10.7. The third-order valence-corrected chi connectivity index (χ3v) is 3.60. The second-order valence-corrected chi connectivity index (χ2v) is 5.70. The monoisotopic (exact) mass is 203 g/mol. The van der Waals surface area contributed by atoms with Gasteiger partial charge in [0, 0.05) is 6.04 Å². The van der Waals surface area contributed by atoms with Crippen LogP contribution in [0.1, 0.15) is 62.8 Å². The van der Waals surface area contributed by atoms with Gasteiger partial charge in [0.15, 0.2) is 0 Å². The van der Waals surface area contributed by atoms with Crippen LogP contribution in [0.15, 0.2) is 18.2 Å². The van der Waals surface area contributed by atoms with Gasteiger partial charge in [-0.15, -0.1) is 0 Å². The second-order valence-electron chi connectivity index (χ2n) is 5.70. The number of benzene rings is 1. The van der Waals surface area contributed by atoms with Crippen molar-refractivity contribution in [1.82, 2.24) is 0 Å². The van der Waals surface area contributed by atoms with Gasteiger partial charge in [0.25, 0.3) is 0 Å². The van der Waals surface area contributed by atoms with Crippen molar-refractivity contribution in [3.63, 3.8) is 0 Å². The van der Waals surface area contributed by atoms with Crippen molar-refractivity contribution >= 4 is 0 Å². The van der Waals surface area contributed by atoms with Gasteiger partial charge in [0.05, 0.1) is 0 Å². The molecule has 0 spiro atoms. The van der Waals surface area contributed by atoms with E-state index in [9.17, 15) is 0 Å². The fraction of sp³-hybridized carbons (Fsp3) is 0.571. The molecular weight excluding hydrogens is 182 g/mol. The number of hydrogen-bond donors (Lipinski definition) is 1. The predicted molar refractivity (Wildman–Crippen MR) is 65.1 cm³/mol. The third-order valence-electron chi connectivity index (χ3n) is 3.60. The first-order valence-corrected chi connectivity index (χ1v) is 5.82. The highest BCUT2D eigenvalue weighted by atomic mass is 14.7. The summed E-state index contributed by atoms with van der Waals surface area (Å²) in [4.78, 5) is 0. The summed E-state index contributed by atoms with van der Waals surface area (Å²) in [5, 5.41) is 0. The standard InChI is InChI=1S/C14H21N/c1-9(2)10-5-6-12-11(7-10)13(15)8-14(12,3)4/h5-7,9,13H,8,15H2,1-4H3/t13-/m0/s1. The van der Waals surface area contributed by atoms with Crippen molar-refractivity contribution in [2.75, 3.05) is 0 Å². The molecule has 0 heterocycles. The van der Waals surface area contributed by atoms with E-state index >= 15 is 0 Å². The number of hydrogen-bond acceptors (Lipinski definition) is 1. The van der Waals surface area contributed by atoms with E-state index in [1.54, 1.807) is 0 Å². The van der Waals surface area contributed by atoms with E-state index in [0.717, 1.165) is 6.42 Å². The Bertz CT molecular complexity index is 377. The molecule has 1 aromatic carbocycles. The van der Waals surface area contributed by atoms with Crippen molar-refractivity contribution < 1.29 is 0 Å². The third kappa shape index (κ3) is 1.69. The smallest absolute Gasteiger partial charge is 0.0306 e. The molecule has 1 aliphatic rings. The average Bonchev–Trinajstić information content (AvgIpc) is 2.37. The van der Waals surface area contributed by atoms with Crippen LogP contribution in [0.2, 0.25) is 0 Å². The molecule has 0 fully saturated rings. The molecule has 0 saturated heterocycles. The van der Waals surface area contributed by atoms with E-state index in [-0.39, 0.29) is 11.5 Å². The maximum Gasteiger partial charge on any atom is 0.0306 e. The minimum atomic E-state index is 0.230. The molecule has 2 rings (SSSR count). The predicted octanol–water partition coefficient (Wildman–Crippen LogP) is 3.49. The van der Waals surface area contributed by atoms with Crippen LogP contribution in [0, 0.1) is 0 Å². The molecule has 0 saturated carbocycles. The number of nitrogens with two attached hydrogens (primary N) is 1. The molecule has 1 heteroatoms. The van der Waals surface area contributed by atoms with E-state index in [4.69, 9.17) is 5.73 Å². The van der Waals surface area contributed by atoms with Gasteiger partial charge in [0.2, 0.25) is 0 Å². The zero-order valence-electron chi connectivity index (χ0n) is 10.2. The zero-order valence-corrected chi connectivity index (χ0v) is 10.2. The quantitative estimate of drug-likeness (QED) is 0.743. The largest absolute Gasteiger partial charge is 0.324 e. The summed E-state index contributed by atoms with van der Waals surface area (Å²) in [7, 11) is 0. The van der Waals surface area contributed by atoms with Gasteiger partial charge in [-0.2, -0.15) is 0 Å². The van der Waals surface area contributed by atoms with Crippen LogP contribution in [0.5, 0.6) is 0 Å². The van der Waals surface area contributed by atoms with Crippen molar-refractivity contribution in [3.8, 4) is 0 Å². The SMILES string of the molecule is CC(C)c1ccc2c(c1)[C@@H](N)CC2(C)C. The summed E-state index contributed by atoms with van der Waals surface area (Å²) < 4.78 is 0. The van der Waals surface area contributed by atoms with E-state index in [1.165, 1.54) is 16.7 Å². The van der Waals surface area contributed by atoms with E-state index in [2.05, 4.69) is 45.9 Å². The maximum absolute atomic E-state index is 6.19. The Morgan fingerprint density at radius 2 is 2.00 bits per heavy atom. The Morgan fingerprint density at radius 1 is 1.33 bits per heavy atom. The number of rotatable bonds is 1. The lowest BCUT2D eigenvalue weighted by Gasteiger charge is -2.19. The van der Waals surface area contributed by atoms with Crippen LogP contribution in [-0.4, -0.2) is 0 Å². The first kappa shape index (κ1) is 10.7. The van der Waals surface area contributed by atoms with Crippen molar-refractivity contribution in [2.24, 2.45) is 5.73 Å². The Kier molecular flexibility index (Phi) is 2.38. The Balaban J connectivity index is 2.51. The molecule has 82 valence electrons. The van der Waals surface area contributed by atoms with Gasteiger partial charge in [0.1, 0.15) is 0 Å². The van der Waals surface area contributed by atoms with Crippen molar-refractivity contribution in [2.45, 2.75) is 51.5 Å². The normalized spacial score (nSPS) is 23.2.